The molecule has 4 rings (SSSR count). The molecule has 0 unspecified atom stereocenters. The first-order chi connectivity index (χ1) is 20.0. The summed E-state index contributed by atoms with van der Waals surface area (Å²) in [6.45, 7) is 6.34. The Hall–Kier alpha value is -4.52. The number of rotatable bonds is 13. The number of carbonyl (C=O) groups is 4. The highest BCUT2D eigenvalue weighted by Crippen LogP contribution is 2.34. The Kier molecular flexibility index (Phi) is 9.41. The van der Waals surface area contributed by atoms with Gasteiger partial charge in [0.05, 0.1) is 0 Å². The molecule has 0 heterocycles. The Balaban J connectivity index is 1.68. The molecule has 0 radical (unpaired) electrons. The number of hydrogen-bond acceptors (Lipinski definition) is 6. The summed E-state index contributed by atoms with van der Waals surface area (Å²) in [5.41, 5.74) is -1.60. The van der Waals surface area contributed by atoms with Gasteiger partial charge in [-0.15, -0.1) is 0 Å². The maximum Gasteiger partial charge on any atom is 0.176 e. The summed E-state index contributed by atoms with van der Waals surface area (Å²) in [5.74, 6) is -4.32. The molecule has 6 heteroatoms. The summed E-state index contributed by atoms with van der Waals surface area (Å²) in [5, 5.41) is 0. The summed E-state index contributed by atoms with van der Waals surface area (Å²) in [4.78, 5) is 67.0. The summed E-state index contributed by atoms with van der Waals surface area (Å²) in [6.07, 6.45) is 0. The molecule has 0 aliphatic carbocycles. The average molecular weight is 563 g/mol. The van der Waals surface area contributed by atoms with Crippen molar-refractivity contribution in [1.82, 2.24) is 0 Å². The molecule has 0 aromatic heterocycles. The minimum absolute atomic E-state index is 0.346. The van der Waals surface area contributed by atoms with Gasteiger partial charge < -0.3 is 0 Å². The summed E-state index contributed by atoms with van der Waals surface area (Å²) in [7, 11) is 0. The lowest BCUT2D eigenvalue weighted by molar-refractivity contribution is -0.406. The molecule has 4 aromatic rings. The zero-order valence-electron chi connectivity index (χ0n) is 24.2. The van der Waals surface area contributed by atoms with Gasteiger partial charge in [-0.2, -0.15) is 0 Å². The van der Waals surface area contributed by atoms with Crippen molar-refractivity contribution in [2.75, 3.05) is 0 Å². The van der Waals surface area contributed by atoms with Crippen LogP contribution < -0.4 is 0 Å². The van der Waals surface area contributed by atoms with Gasteiger partial charge in [-0.3, -0.25) is 19.2 Å². The molecule has 0 amide bonds. The van der Waals surface area contributed by atoms with Crippen LogP contribution >= 0.6 is 0 Å². The van der Waals surface area contributed by atoms with Crippen molar-refractivity contribution in [1.29, 1.82) is 0 Å². The fourth-order valence-corrected chi connectivity index (χ4v) is 4.89. The maximum atomic E-state index is 13.8. The Morgan fingerprint density at radius 3 is 0.786 bits per heavy atom. The Bertz CT molecular complexity index is 1310. The number of hydrogen-bond donors (Lipinski definition) is 0. The van der Waals surface area contributed by atoms with Gasteiger partial charge >= 0.3 is 0 Å². The topological polar surface area (TPSA) is 86.7 Å². The fourth-order valence-electron chi connectivity index (χ4n) is 4.89. The highest BCUT2D eigenvalue weighted by molar-refractivity contribution is 6.17. The summed E-state index contributed by atoms with van der Waals surface area (Å²) < 4.78 is 0. The predicted molar refractivity (Wildman–Crippen MR) is 160 cm³/mol. The van der Waals surface area contributed by atoms with Crippen molar-refractivity contribution in [3.8, 4) is 0 Å². The van der Waals surface area contributed by atoms with Gasteiger partial charge in [-0.1, -0.05) is 121 Å². The van der Waals surface area contributed by atoms with Crippen LogP contribution in [0.5, 0.6) is 0 Å². The zero-order valence-corrected chi connectivity index (χ0v) is 24.2. The van der Waals surface area contributed by atoms with Crippen molar-refractivity contribution in [2.24, 2.45) is 11.8 Å². The SMILES string of the molecule is CC(C)(OOC(C)(C)C(C(=O)c1ccccc1)C(=O)c1ccccc1)C(C(=O)c1ccccc1)C(=O)c1ccccc1. The first-order valence-corrected chi connectivity index (χ1v) is 13.8. The molecule has 0 saturated carbocycles. The highest BCUT2D eigenvalue weighted by Gasteiger charge is 2.48. The van der Waals surface area contributed by atoms with Crippen LogP contribution in [0.3, 0.4) is 0 Å². The van der Waals surface area contributed by atoms with Crippen molar-refractivity contribution in [3.63, 3.8) is 0 Å². The monoisotopic (exact) mass is 562 g/mol. The molecule has 0 bridgehead atoms. The normalized spacial score (nSPS) is 11.9. The molecule has 0 spiro atoms. The van der Waals surface area contributed by atoms with Crippen molar-refractivity contribution >= 4 is 23.1 Å². The van der Waals surface area contributed by atoms with Crippen molar-refractivity contribution < 1.29 is 29.0 Å². The smallest absolute Gasteiger partial charge is 0.176 e. The van der Waals surface area contributed by atoms with Crippen LogP contribution in [0.25, 0.3) is 0 Å². The third-order valence-corrected chi connectivity index (χ3v) is 7.14. The third-order valence-electron chi connectivity index (χ3n) is 7.14. The molecule has 42 heavy (non-hydrogen) atoms. The number of benzene rings is 4. The molecule has 0 aliphatic heterocycles. The van der Waals surface area contributed by atoms with Crippen LogP contribution in [0, 0.1) is 11.8 Å². The first kappa shape index (κ1) is 30.4. The van der Waals surface area contributed by atoms with E-state index >= 15 is 0 Å². The van der Waals surface area contributed by atoms with Gasteiger partial charge in [-0.05, 0) is 27.7 Å². The van der Waals surface area contributed by atoms with Crippen molar-refractivity contribution in [2.45, 2.75) is 38.9 Å². The zero-order chi connectivity index (χ0) is 30.3. The molecule has 0 aliphatic rings. The largest absolute Gasteiger partial charge is 0.293 e. The molecule has 0 saturated heterocycles. The minimum atomic E-state index is -1.49. The molecule has 0 atom stereocenters. The van der Waals surface area contributed by atoms with Crippen LogP contribution in [0.4, 0.5) is 0 Å². The molecular formula is C36H34O6. The van der Waals surface area contributed by atoms with Crippen LogP contribution in [-0.2, 0) is 9.78 Å². The Morgan fingerprint density at radius 1 is 0.405 bits per heavy atom. The van der Waals surface area contributed by atoms with E-state index in [4.69, 9.17) is 9.78 Å². The van der Waals surface area contributed by atoms with Crippen LogP contribution in [0.2, 0.25) is 0 Å². The Labute approximate surface area is 246 Å². The number of carbonyl (C=O) groups excluding carboxylic acids is 4. The first-order valence-electron chi connectivity index (χ1n) is 13.8. The van der Waals surface area contributed by atoms with E-state index < -0.39 is 46.2 Å². The molecular weight excluding hydrogens is 528 g/mol. The van der Waals surface area contributed by atoms with E-state index in [0.29, 0.717) is 22.3 Å². The van der Waals surface area contributed by atoms with Crippen LogP contribution in [-0.4, -0.2) is 34.3 Å². The molecule has 0 N–H and O–H groups in total. The second-order valence-electron chi connectivity index (χ2n) is 11.2. The van der Waals surface area contributed by atoms with Gasteiger partial charge in [-0.25, -0.2) is 9.78 Å². The molecule has 214 valence electrons. The summed E-state index contributed by atoms with van der Waals surface area (Å²) in [6, 6.07) is 34.0. The van der Waals surface area contributed by atoms with E-state index in [1.54, 1.807) is 149 Å². The summed E-state index contributed by atoms with van der Waals surface area (Å²) >= 11 is 0. The van der Waals surface area contributed by atoms with E-state index in [0.717, 1.165) is 0 Å². The molecule has 4 aromatic carbocycles. The van der Waals surface area contributed by atoms with Gasteiger partial charge in [0, 0.05) is 22.3 Å². The lowest BCUT2D eigenvalue weighted by atomic mass is 9.78. The van der Waals surface area contributed by atoms with Gasteiger partial charge in [0.1, 0.15) is 23.0 Å². The van der Waals surface area contributed by atoms with E-state index in [1.807, 2.05) is 0 Å². The third kappa shape index (κ3) is 6.85. The van der Waals surface area contributed by atoms with E-state index in [9.17, 15) is 19.2 Å². The fraction of sp³-hybridized carbons (Fsp3) is 0.222. The molecule has 6 nitrogen and oxygen atoms in total. The van der Waals surface area contributed by atoms with Crippen LogP contribution in [0.15, 0.2) is 121 Å². The van der Waals surface area contributed by atoms with E-state index in [-0.39, 0.29) is 0 Å². The maximum absolute atomic E-state index is 13.8. The minimum Gasteiger partial charge on any atom is -0.293 e. The average Bonchev–Trinajstić information content (AvgIpc) is 3.01. The molecule has 0 fully saturated rings. The lowest BCUT2D eigenvalue weighted by Gasteiger charge is -2.37. The number of ketones is 4. The van der Waals surface area contributed by atoms with E-state index in [2.05, 4.69) is 0 Å². The second kappa shape index (κ2) is 13.0. The van der Waals surface area contributed by atoms with Crippen LogP contribution in [0.1, 0.15) is 69.1 Å². The quantitative estimate of drug-likeness (QED) is 0.0738. The van der Waals surface area contributed by atoms with Crippen molar-refractivity contribution in [3.05, 3.63) is 144 Å². The van der Waals surface area contributed by atoms with Gasteiger partial charge in [0.2, 0.25) is 0 Å². The second-order valence-corrected chi connectivity index (χ2v) is 11.2. The predicted octanol–water partition coefficient (Wildman–Crippen LogP) is 7.26. The highest BCUT2D eigenvalue weighted by atomic mass is 17.2. The van der Waals surface area contributed by atoms with E-state index in [1.165, 1.54) is 0 Å². The Morgan fingerprint density at radius 2 is 0.595 bits per heavy atom. The van der Waals surface area contributed by atoms with Gasteiger partial charge in [0.15, 0.2) is 23.1 Å². The lowest BCUT2D eigenvalue weighted by Crippen LogP contribution is -2.50. The number of Topliss-reactive ketones (excluding diaryl/α,β-unsaturated/α-hetero) is 4. The van der Waals surface area contributed by atoms with Gasteiger partial charge in [0.25, 0.3) is 0 Å². The standard InChI is InChI=1S/C36H34O6/c1-35(2,29(31(37)25-17-9-5-10-18-25)32(38)26-19-11-6-12-20-26)41-42-36(3,4)30(33(39)27-21-13-7-14-22-27)34(40)28-23-15-8-16-24-28/h5-24,29-30H,1-4H3.